The van der Waals surface area contributed by atoms with Crippen LogP contribution in [-0.4, -0.2) is 31.0 Å². The van der Waals surface area contributed by atoms with E-state index in [1.54, 1.807) is 12.2 Å². The van der Waals surface area contributed by atoms with E-state index >= 15 is 0 Å². The number of nitrogens with zero attached hydrogens (tertiary/aromatic N) is 1. The predicted molar refractivity (Wildman–Crippen MR) is 32.8 cm³/mol. The Balaban J connectivity index is 2.41. The maximum absolute atomic E-state index is 10.3. The van der Waals surface area contributed by atoms with Crippen molar-refractivity contribution in [3.8, 4) is 0 Å². The van der Waals surface area contributed by atoms with Crippen molar-refractivity contribution >= 4 is 6.29 Å². The summed E-state index contributed by atoms with van der Waals surface area (Å²) < 4.78 is 0. The summed E-state index contributed by atoms with van der Waals surface area (Å²) in [5, 5.41) is 1.72. The summed E-state index contributed by atoms with van der Waals surface area (Å²) in [6, 6.07) is 0.00926. The normalized spacial score (nSPS) is 28.8. The van der Waals surface area contributed by atoms with Gasteiger partial charge >= 0.3 is 0 Å². The molecule has 1 saturated heterocycles. The lowest BCUT2D eigenvalue weighted by Gasteiger charge is -2.15. The first-order chi connectivity index (χ1) is 4.38. The van der Waals surface area contributed by atoms with Crippen molar-refractivity contribution in [3.63, 3.8) is 0 Å². The molecule has 0 aromatic carbocycles. The molecule has 1 rings (SSSR count). The summed E-state index contributed by atoms with van der Waals surface area (Å²) in [6.45, 7) is 0.889. The Hall–Kier alpha value is -0.410. The minimum Gasteiger partial charge on any atom is -0.302 e. The van der Waals surface area contributed by atoms with E-state index in [4.69, 9.17) is 4.84 Å². The fourth-order valence-corrected chi connectivity index (χ4v) is 1.13. The van der Waals surface area contributed by atoms with Gasteiger partial charge in [-0.05, 0) is 12.8 Å². The summed E-state index contributed by atoms with van der Waals surface area (Å²) in [5.41, 5.74) is 0. The smallest absolute Gasteiger partial charge is 0.139 e. The van der Waals surface area contributed by atoms with Gasteiger partial charge in [-0.2, -0.15) is 5.06 Å². The highest BCUT2D eigenvalue weighted by Crippen LogP contribution is 2.13. The Morgan fingerprint density at radius 2 is 2.56 bits per heavy atom. The second-order valence-electron chi connectivity index (χ2n) is 2.17. The molecule has 0 spiro atoms. The molecule has 9 heavy (non-hydrogen) atoms. The van der Waals surface area contributed by atoms with Crippen LogP contribution in [0.5, 0.6) is 0 Å². The number of carbonyl (C=O) groups is 1. The highest BCUT2D eigenvalue weighted by Gasteiger charge is 2.23. The molecule has 0 aliphatic carbocycles. The summed E-state index contributed by atoms with van der Waals surface area (Å²) in [7, 11) is 1.60. The third-order valence-electron chi connectivity index (χ3n) is 1.64. The number of aldehydes is 1. The van der Waals surface area contributed by atoms with Crippen LogP contribution in [0.1, 0.15) is 12.8 Å². The second-order valence-corrected chi connectivity index (χ2v) is 2.17. The Labute approximate surface area is 54.5 Å². The standard InChI is InChI=1S/C6H11NO2/c1-9-7-4-2-3-6(7)5-8/h5-6H,2-4H2,1H3/t6-/m0/s1. The Morgan fingerprint density at radius 3 is 3.00 bits per heavy atom. The second kappa shape index (κ2) is 2.94. The quantitative estimate of drug-likeness (QED) is 0.499. The van der Waals surface area contributed by atoms with Crippen LogP contribution >= 0.6 is 0 Å². The molecule has 0 bridgehead atoms. The van der Waals surface area contributed by atoms with Gasteiger partial charge in [0.1, 0.15) is 6.29 Å². The highest BCUT2D eigenvalue weighted by atomic mass is 16.7. The molecule has 3 heteroatoms. The van der Waals surface area contributed by atoms with Gasteiger partial charge in [-0.25, -0.2) is 0 Å². The molecular weight excluding hydrogens is 118 g/mol. The van der Waals surface area contributed by atoms with Crippen LogP contribution in [0.25, 0.3) is 0 Å². The van der Waals surface area contributed by atoms with Crippen LogP contribution in [0.4, 0.5) is 0 Å². The molecule has 0 radical (unpaired) electrons. The maximum atomic E-state index is 10.3. The van der Waals surface area contributed by atoms with Crippen molar-refractivity contribution in [1.29, 1.82) is 0 Å². The van der Waals surface area contributed by atoms with Crippen molar-refractivity contribution in [2.45, 2.75) is 18.9 Å². The zero-order valence-corrected chi connectivity index (χ0v) is 5.54. The van der Waals surface area contributed by atoms with Crippen molar-refractivity contribution in [2.75, 3.05) is 13.7 Å². The first-order valence-corrected chi connectivity index (χ1v) is 3.14. The minimum atomic E-state index is 0.00926. The van der Waals surface area contributed by atoms with Crippen molar-refractivity contribution in [2.24, 2.45) is 0 Å². The van der Waals surface area contributed by atoms with Crippen LogP contribution in [0.15, 0.2) is 0 Å². The third-order valence-corrected chi connectivity index (χ3v) is 1.64. The van der Waals surface area contributed by atoms with Crippen LogP contribution < -0.4 is 0 Å². The van der Waals surface area contributed by atoms with E-state index in [0.717, 1.165) is 25.7 Å². The van der Waals surface area contributed by atoms with Crippen LogP contribution in [0.2, 0.25) is 0 Å². The first-order valence-electron chi connectivity index (χ1n) is 3.14. The highest BCUT2D eigenvalue weighted by molar-refractivity contribution is 5.57. The topological polar surface area (TPSA) is 29.5 Å². The van der Waals surface area contributed by atoms with Gasteiger partial charge in [-0.1, -0.05) is 0 Å². The molecule has 1 atom stereocenters. The van der Waals surface area contributed by atoms with Gasteiger partial charge in [0, 0.05) is 6.54 Å². The molecule has 0 aromatic heterocycles. The predicted octanol–water partition coefficient (Wildman–Crippen LogP) is 0.211. The summed E-state index contributed by atoms with van der Waals surface area (Å²) in [4.78, 5) is 15.2. The lowest BCUT2D eigenvalue weighted by Crippen LogP contribution is -2.29. The van der Waals surface area contributed by atoms with E-state index in [1.165, 1.54) is 0 Å². The third kappa shape index (κ3) is 1.28. The Morgan fingerprint density at radius 1 is 1.78 bits per heavy atom. The SMILES string of the molecule is CON1CCC[C@H]1C=O. The number of hydrogen-bond donors (Lipinski definition) is 0. The van der Waals surface area contributed by atoms with Crippen LogP contribution in [0.3, 0.4) is 0 Å². The number of carbonyl (C=O) groups excluding carboxylic acids is 1. The van der Waals surface area contributed by atoms with Crippen molar-refractivity contribution in [1.82, 2.24) is 5.06 Å². The van der Waals surface area contributed by atoms with E-state index in [-0.39, 0.29) is 6.04 Å². The van der Waals surface area contributed by atoms with Crippen molar-refractivity contribution in [3.05, 3.63) is 0 Å². The van der Waals surface area contributed by atoms with Gasteiger partial charge in [0.15, 0.2) is 0 Å². The fourth-order valence-electron chi connectivity index (χ4n) is 1.13. The summed E-state index contributed by atoms with van der Waals surface area (Å²) in [6.07, 6.45) is 2.95. The lowest BCUT2D eigenvalue weighted by atomic mass is 10.2. The monoisotopic (exact) mass is 129 g/mol. The zero-order valence-electron chi connectivity index (χ0n) is 5.54. The molecule has 0 amide bonds. The van der Waals surface area contributed by atoms with Gasteiger partial charge in [-0.15, -0.1) is 0 Å². The van der Waals surface area contributed by atoms with E-state index in [1.807, 2.05) is 0 Å². The number of hydroxylamine groups is 2. The molecule has 0 aromatic rings. The minimum absolute atomic E-state index is 0.00926. The van der Waals surface area contributed by atoms with Crippen LogP contribution in [0, 0.1) is 0 Å². The van der Waals surface area contributed by atoms with Gasteiger partial charge in [0.05, 0.1) is 13.2 Å². The molecule has 0 N–H and O–H groups in total. The van der Waals surface area contributed by atoms with E-state index in [9.17, 15) is 4.79 Å². The molecule has 0 saturated carbocycles. The Bertz CT molecular complexity index is 105. The number of rotatable bonds is 2. The van der Waals surface area contributed by atoms with Crippen LogP contribution in [-0.2, 0) is 9.63 Å². The molecule has 0 unspecified atom stereocenters. The molecule has 3 nitrogen and oxygen atoms in total. The first kappa shape index (κ1) is 6.71. The molecular formula is C6H11NO2. The molecule has 1 heterocycles. The molecule has 52 valence electrons. The fraction of sp³-hybridized carbons (Fsp3) is 0.833. The van der Waals surface area contributed by atoms with Gasteiger partial charge in [0.2, 0.25) is 0 Å². The zero-order chi connectivity index (χ0) is 6.69. The molecule has 1 aliphatic heterocycles. The largest absolute Gasteiger partial charge is 0.302 e. The van der Waals surface area contributed by atoms with Gasteiger partial charge in [0.25, 0.3) is 0 Å². The maximum Gasteiger partial charge on any atom is 0.139 e. The molecule has 1 aliphatic rings. The summed E-state index contributed by atoms with van der Waals surface area (Å²) >= 11 is 0. The average Bonchev–Trinajstić information content (AvgIpc) is 2.33. The van der Waals surface area contributed by atoms with Gasteiger partial charge in [-0.3, -0.25) is 0 Å². The molecule has 1 fully saturated rings. The summed E-state index contributed by atoms with van der Waals surface area (Å²) in [5.74, 6) is 0. The lowest BCUT2D eigenvalue weighted by molar-refractivity contribution is -0.150. The number of hydrogen-bond acceptors (Lipinski definition) is 3. The van der Waals surface area contributed by atoms with Crippen molar-refractivity contribution < 1.29 is 9.63 Å². The van der Waals surface area contributed by atoms with Gasteiger partial charge < -0.3 is 9.63 Å². The van der Waals surface area contributed by atoms with E-state index in [2.05, 4.69) is 0 Å². The Kier molecular flexibility index (Phi) is 2.19. The average molecular weight is 129 g/mol. The van der Waals surface area contributed by atoms with E-state index in [0.29, 0.717) is 0 Å². The van der Waals surface area contributed by atoms with E-state index < -0.39 is 0 Å².